The zero-order valence-electron chi connectivity index (χ0n) is 7.33. The van der Waals surface area contributed by atoms with E-state index in [9.17, 15) is 0 Å². The van der Waals surface area contributed by atoms with Crippen molar-refractivity contribution in [2.75, 3.05) is 0 Å². The second-order valence-corrected chi connectivity index (χ2v) is 2.78. The fourth-order valence-corrected chi connectivity index (χ4v) is 1.13. The van der Waals surface area contributed by atoms with Crippen LogP contribution in [0.3, 0.4) is 0 Å². The molecule has 0 saturated carbocycles. The summed E-state index contributed by atoms with van der Waals surface area (Å²) in [5.41, 5.74) is 1.19. The van der Waals surface area contributed by atoms with Gasteiger partial charge >= 0.3 is 0 Å². The monoisotopic (exact) mass is 162 g/mol. The van der Waals surface area contributed by atoms with Crippen molar-refractivity contribution in [2.45, 2.75) is 19.8 Å². The molecule has 12 heavy (non-hydrogen) atoms. The number of phenols is 1. The van der Waals surface area contributed by atoms with Gasteiger partial charge in [0.25, 0.3) is 0 Å². The second kappa shape index (κ2) is 4.60. The number of hydrogen-bond donors (Lipinski definition) is 1. The fourth-order valence-electron chi connectivity index (χ4n) is 1.13. The molecular formula is C11H14O. The maximum atomic E-state index is 9.15. The normalized spacial score (nSPS) is 10.8. The Bertz CT molecular complexity index is 263. The van der Waals surface area contributed by atoms with Crippen molar-refractivity contribution in [3.8, 4) is 5.75 Å². The molecule has 0 aromatic heterocycles. The lowest BCUT2D eigenvalue weighted by atomic mass is 10.1. The van der Waals surface area contributed by atoms with Crippen LogP contribution in [0.1, 0.15) is 18.9 Å². The first-order valence-electron chi connectivity index (χ1n) is 4.22. The molecule has 0 bridgehead atoms. The summed E-state index contributed by atoms with van der Waals surface area (Å²) in [7, 11) is 0. The van der Waals surface area contributed by atoms with Crippen molar-refractivity contribution in [2.24, 2.45) is 0 Å². The first-order valence-corrected chi connectivity index (χ1v) is 4.22. The molecule has 0 aliphatic carbocycles. The molecule has 0 saturated heterocycles. The predicted octanol–water partition coefficient (Wildman–Crippen LogP) is 2.90. The summed E-state index contributed by atoms with van der Waals surface area (Å²) in [6, 6.07) is 7.41. The number of benzene rings is 1. The van der Waals surface area contributed by atoms with Gasteiger partial charge in [-0.25, -0.2) is 0 Å². The summed E-state index contributed by atoms with van der Waals surface area (Å²) in [5.74, 6) is 0.355. The summed E-state index contributed by atoms with van der Waals surface area (Å²) in [6.07, 6.45) is 6.21. The highest BCUT2D eigenvalue weighted by Gasteiger charge is 1.91. The third-order valence-corrected chi connectivity index (χ3v) is 1.75. The molecule has 1 heteroatoms. The van der Waals surface area contributed by atoms with Crippen LogP contribution in [-0.2, 0) is 6.42 Å². The predicted molar refractivity (Wildman–Crippen MR) is 51.2 cm³/mol. The number of aryl methyl sites for hydroxylation is 1. The molecule has 1 rings (SSSR count). The van der Waals surface area contributed by atoms with E-state index < -0.39 is 0 Å². The SMILES string of the molecule is CC=CCCc1cccc(O)c1. The number of aromatic hydroxyl groups is 1. The number of allylic oxidation sites excluding steroid dienone is 2. The molecule has 0 amide bonds. The van der Waals surface area contributed by atoms with Crippen molar-refractivity contribution < 1.29 is 5.11 Å². The Balaban J connectivity index is 2.52. The van der Waals surface area contributed by atoms with Crippen molar-refractivity contribution in [3.63, 3.8) is 0 Å². The summed E-state index contributed by atoms with van der Waals surface area (Å²) >= 11 is 0. The van der Waals surface area contributed by atoms with Crippen LogP contribution in [0.15, 0.2) is 36.4 Å². The van der Waals surface area contributed by atoms with Crippen LogP contribution in [-0.4, -0.2) is 5.11 Å². The average Bonchev–Trinajstić information content (AvgIpc) is 2.05. The van der Waals surface area contributed by atoms with Crippen LogP contribution in [0.25, 0.3) is 0 Å². The van der Waals surface area contributed by atoms with Gasteiger partial charge in [0.15, 0.2) is 0 Å². The maximum absolute atomic E-state index is 9.15. The van der Waals surface area contributed by atoms with E-state index in [0.29, 0.717) is 5.75 Å². The second-order valence-electron chi connectivity index (χ2n) is 2.78. The van der Waals surface area contributed by atoms with Crippen molar-refractivity contribution in [1.29, 1.82) is 0 Å². The lowest BCUT2D eigenvalue weighted by Gasteiger charge is -1.98. The molecule has 0 fully saturated rings. The van der Waals surface area contributed by atoms with Gasteiger partial charge in [-0.3, -0.25) is 0 Å². The van der Waals surface area contributed by atoms with E-state index in [1.807, 2.05) is 31.2 Å². The van der Waals surface area contributed by atoms with E-state index in [2.05, 4.69) is 6.08 Å². The minimum absolute atomic E-state index is 0.355. The van der Waals surface area contributed by atoms with Crippen molar-refractivity contribution >= 4 is 0 Å². The third kappa shape index (κ3) is 2.79. The number of rotatable bonds is 3. The van der Waals surface area contributed by atoms with Crippen molar-refractivity contribution in [1.82, 2.24) is 0 Å². The highest BCUT2D eigenvalue weighted by Crippen LogP contribution is 2.12. The van der Waals surface area contributed by atoms with Crippen LogP contribution >= 0.6 is 0 Å². The van der Waals surface area contributed by atoms with Gasteiger partial charge in [-0.1, -0.05) is 24.3 Å². The van der Waals surface area contributed by atoms with Crippen LogP contribution in [0.5, 0.6) is 5.75 Å². The van der Waals surface area contributed by atoms with E-state index in [1.165, 1.54) is 5.56 Å². The first-order chi connectivity index (χ1) is 5.83. The molecule has 0 aliphatic rings. The van der Waals surface area contributed by atoms with Gasteiger partial charge in [0.05, 0.1) is 0 Å². The fraction of sp³-hybridized carbons (Fsp3) is 0.273. The Morgan fingerprint density at radius 1 is 1.42 bits per heavy atom. The minimum Gasteiger partial charge on any atom is -0.508 e. The molecule has 0 atom stereocenters. The van der Waals surface area contributed by atoms with E-state index in [-0.39, 0.29) is 0 Å². The van der Waals surface area contributed by atoms with Gasteiger partial charge in [0.2, 0.25) is 0 Å². The average molecular weight is 162 g/mol. The summed E-state index contributed by atoms with van der Waals surface area (Å²) in [6.45, 7) is 2.02. The van der Waals surface area contributed by atoms with Gasteiger partial charge in [-0.05, 0) is 37.5 Å². The molecule has 1 nitrogen and oxygen atoms in total. The van der Waals surface area contributed by atoms with Gasteiger partial charge in [-0.2, -0.15) is 0 Å². The molecular weight excluding hydrogens is 148 g/mol. The van der Waals surface area contributed by atoms with Gasteiger partial charge in [0, 0.05) is 0 Å². The lowest BCUT2D eigenvalue weighted by Crippen LogP contribution is -1.81. The zero-order chi connectivity index (χ0) is 8.81. The number of phenolic OH excluding ortho intramolecular Hbond substituents is 1. The Morgan fingerprint density at radius 2 is 2.25 bits per heavy atom. The van der Waals surface area contributed by atoms with E-state index in [0.717, 1.165) is 12.8 Å². The first kappa shape index (κ1) is 8.85. The van der Waals surface area contributed by atoms with E-state index in [4.69, 9.17) is 5.11 Å². The topological polar surface area (TPSA) is 20.2 Å². The molecule has 1 aromatic rings. The largest absolute Gasteiger partial charge is 0.508 e. The van der Waals surface area contributed by atoms with Gasteiger partial charge < -0.3 is 5.11 Å². The molecule has 0 heterocycles. The Kier molecular flexibility index (Phi) is 3.39. The van der Waals surface area contributed by atoms with Gasteiger partial charge in [0.1, 0.15) is 5.75 Å². The van der Waals surface area contributed by atoms with Crippen molar-refractivity contribution in [3.05, 3.63) is 42.0 Å². The Hall–Kier alpha value is -1.24. The molecule has 64 valence electrons. The van der Waals surface area contributed by atoms with Crippen LogP contribution in [0, 0.1) is 0 Å². The highest BCUT2D eigenvalue weighted by molar-refractivity contribution is 5.27. The molecule has 0 unspecified atom stereocenters. The zero-order valence-corrected chi connectivity index (χ0v) is 7.33. The van der Waals surface area contributed by atoms with Crippen LogP contribution < -0.4 is 0 Å². The Morgan fingerprint density at radius 3 is 2.92 bits per heavy atom. The number of hydrogen-bond acceptors (Lipinski definition) is 1. The molecule has 1 N–H and O–H groups in total. The summed E-state index contributed by atoms with van der Waals surface area (Å²) in [5, 5.41) is 9.15. The quantitative estimate of drug-likeness (QED) is 0.677. The highest BCUT2D eigenvalue weighted by atomic mass is 16.3. The minimum atomic E-state index is 0.355. The third-order valence-electron chi connectivity index (χ3n) is 1.75. The molecule has 1 aromatic carbocycles. The molecule has 0 spiro atoms. The lowest BCUT2D eigenvalue weighted by molar-refractivity contribution is 0.474. The van der Waals surface area contributed by atoms with Crippen LogP contribution in [0.4, 0.5) is 0 Å². The van der Waals surface area contributed by atoms with Crippen LogP contribution in [0.2, 0.25) is 0 Å². The summed E-state index contributed by atoms with van der Waals surface area (Å²) in [4.78, 5) is 0. The van der Waals surface area contributed by atoms with Gasteiger partial charge in [-0.15, -0.1) is 0 Å². The molecule has 0 radical (unpaired) electrons. The smallest absolute Gasteiger partial charge is 0.115 e. The Labute approximate surface area is 73.4 Å². The maximum Gasteiger partial charge on any atom is 0.115 e. The van der Waals surface area contributed by atoms with E-state index in [1.54, 1.807) is 6.07 Å². The van der Waals surface area contributed by atoms with E-state index >= 15 is 0 Å². The standard InChI is InChI=1S/C11H14O/c1-2-3-4-6-10-7-5-8-11(12)9-10/h2-3,5,7-9,12H,4,6H2,1H3. The summed E-state index contributed by atoms with van der Waals surface area (Å²) < 4.78 is 0. The molecule has 0 aliphatic heterocycles.